The Balaban J connectivity index is 1.48. The van der Waals surface area contributed by atoms with Gasteiger partial charge in [-0.25, -0.2) is 9.97 Å². The average molecular weight is 363 g/mol. The number of hydrogen-bond acceptors (Lipinski definition) is 5. The molecule has 1 aliphatic heterocycles. The standard InChI is InChI=1S/C20H21N5O2/c1-24-18(13-17(23-24)15-7-3-2-4-8-15)19(26)25-12-5-9-16(14-25)27-20-21-10-6-11-22-20/h2-4,6-8,10-11,13,16H,5,9,12,14H2,1H3. The van der Waals surface area contributed by atoms with Gasteiger partial charge in [-0.1, -0.05) is 30.3 Å². The molecule has 0 saturated carbocycles. The molecule has 0 bridgehead atoms. The molecule has 1 aliphatic rings. The molecule has 1 fully saturated rings. The second-order valence-electron chi connectivity index (χ2n) is 6.57. The number of amides is 1. The van der Waals surface area contributed by atoms with Crippen molar-refractivity contribution < 1.29 is 9.53 Å². The number of likely N-dealkylation sites (tertiary alicyclic amines) is 1. The maximum atomic E-state index is 13.0. The highest BCUT2D eigenvalue weighted by atomic mass is 16.5. The van der Waals surface area contributed by atoms with E-state index in [1.807, 2.05) is 41.3 Å². The van der Waals surface area contributed by atoms with Crippen LogP contribution in [-0.4, -0.2) is 49.7 Å². The molecule has 7 nitrogen and oxygen atoms in total. The van der Waals surface area contributed by atoms with Gasteiger partial charge in [-0.05, 0) is 25.0 Å². The first-order valence-electron chi connectivity index (χ1n) is 9.03. The molecule has 138 valence electrons. The van der Waals surface area contributed by atoms with Gasteiger partial charge in [0.05, 0.1) is 12.2 Å². The number of piperidine rings is 1. The summed E-state index contributed by atoms with van der Waals surface area (Å²) in [4.78, 5) is 23.1. The van der Waals surface area contributed by atoms with Crippen molar-refractivity contribution in [3.63, 3.8) is 0 Å². The molecule has 3 aromatic rings. The Labute approximate surface area is 157 Å². The van der Waals surface area contributed by atoms with E-state index in [0.717, 1.165) is 24.1 Å². The number of aryl methyl sites for hydroxylation is 1. The first kappa shape index (κ1) is 17.2. The maximum absolute atomic E-state index is 13.0. The number of benzene rings is 1. The van der Waals surface area contributed by atoms with Crippen LogP contribution in [0.25, 0.3) is 11.3 Å². The predicted molar refractivity (Wildman–Crippen MR) is 100 cm³/mol. The Morgan fingerprint density at radius 1 is 1.15 bits per heavy atom. The van der Waals surface area contributed by atoms with Gasteiger partial charge < -0.3 is 9.64 Å². The molecule has 27 heavy (non-hydrogen) atoms. The van der Waals surface area contributed by atoms with Crippen LogP contribution in [0.5, 0.6) is 6.01 Å². The average Bonchev–Trinajstić information content (AvgIpc) is 3.11. The summed E-state index contributed by atoms with van der Waals surface area (Å²) in [7, 11) is 1.80. The van der Waals surface area contributed by atoms with Crippen LogP contribution in [-0.2, 0) is 7.05 Å². The summed E-state index contributed by atoms with van der Waals surface area (Å²) in [6.07, 6.45) is 4.95. The van der Waals surface area contributed by atoms with E-state index < -0.39 is 0 Å². The van der Waals surface area contributed by atoms with Crippen LogP contribution in [0.1, 0.15) is 23.3 Å². The fourth-order valence-corrected chi connectivity index (χ4v) is 3.29. The van der Waals surface area contributed by atoms with Crippen molar-refractivity contribution in [1.29, 1.82) is 0 Å². The lowest BCUT2D eigenvalue weighted by Crippen LogP contribution is -2.45. The molecule has 3 heterocycles. The summed E-state index contributed by atoms with van der Waals surface area (Å²) in [5, 5.41) is 4.50. The van der Waals surface area contributed by atoms with Gasteiger partial charge in [0.2, 0.25) is 0 Å². The monoisotopic (exact) mass is 363 g/mol. The molecular weight excluding hydrogens is 342 g/mol. The summed E-state index contributed by atoms with van der Waals surface area (Å²) >= 11 is 0. The minimum Gasteiger partial charge on any atom is -0.458 e. The molecule has 0 aliphatic carbocycles. The van der Waals surface area contributed by atoms with E-state index in [9.17, 15) is 4.79 Å². The highest BCUT2D eigenvalue weighted by Gasteiger charge is 2.28. The topological polar surface area (TPSA) is 73.1 Å². The molecular formula is C20H21N5O2. The Bertz CT molecular complexity index is 911. The normalized spacial score (nSPS) is 16.9. The zero-order chi connectivity index (χ0) is 18.6. The van der Waals surface area contributed by atoms with Gasteiger partial charge in [0.15, 0.2) is 0 Å². The molecule has 1 unspecified atom stereocenters. The summed E-state index contributed by atoms with van der Waals surface area (Å²) in [6.45, 7) is 1.23. The molecule has 1 saturated heterocycles. The summed E-state index contributed by atoms with van der Waals surface area (Å²) in [6, 6.07) is 13.8. The van der Waals surface area contributed by atoms with E-state index in [1.54, 1.807) is 30.2 Å². The lowest BCUT2D eigenvalue weighted by Gasteiger charge is -2.32. The van der Waals surface area contributed by atoms with Gasteiger partial charge in [-0.2, -0.15) is 5.10 Å². The minimum atomic E-state index is -0.105. The number of hydrogen-bond donors (Lipinski definition) is 0. The second-order valence-corrected chi connectivity index (χ2v) is 6.57. The van der Waals surface area contributed by atoms with E-state index >= 15 is 0 Å². The van der Waals surface area contributed by atoms with Crippen LogP contribution < -0.4 is 4.74 Å². The largest absolute Gasteiger partial charge is 0.458 e. The number of carbonyl (C=O) groups excluding carboxylic acids is 1. The quantitative estimate of drug-likeness (QED) is 0.712. The number of carbonyl (C=O) groups is 1. The van der Waals surface area contributed by atoms with E-state index in [2.05, 4.69) is 15.1 Å². The summed E-state index contributed by atoms with van der Waals surface area (Å²) in [5.41, 5.74) is 2.36. The molecule has 0 spiro atoms. The molecule has 4 rings (SSSR count). The maximum Gasteiger partial charge on any atom is 0.316 e. The van der Waals surface area contributed by atoms with Crippen molar-refractivity contribution in [3.8, 4) is 17.3 Å². The zero-order valence-corrected chi connectivity index (χ0v) is 15.2. The van der Waals surface area contributed by atoms with Crippen LogP contribution in [0.4, 0.5) is 0 Å². The van der Waals surface area contributed by atoms with Gasteiger partial charge in [-0.15, -0.1) is 0 Å². The smallest absolute Gasteiger partial charge is 0.316 e. The Hall–Kier alpha value is -3.22. The van der Waals surface area contributed by atoms with Crippen molar-refractivity contribution in [3.05, 3.63) is 60.6 Å². The van der Waals surface area contributed by atoms with Gasteiger partial charge in [0, 0.05) is 31.5 Å². The van der Waals surface area contributed by atoms with Crippen molar-refractivity contribution in [2.75, 3.05) is 13.1 Å². The van der Waals surface area contributed by atoms with E-state index in [-0.39, 0.29) is 12.0 Å². The van der Waals surface area contributed by atoms with Crippen molar-refractivity contribution in [2.24, 2.45) is 7.05 Å². The van der Waals surface area contributed by atoms with Crippen molar-refractivity contribution in [2.45, 2.75) is 18.9 Å². The Kier molecular flexibility index (Phi) is 4.82. The first-order chi connectivity index (χ1) is 13.2. The molecule has 1 aromatic carbocycles. The van der Waals surface area contributed by atoms with Gasteiger partial charge in [0.25, 0.3) is 5.91 Å². The molecule has 7 heteroatoms. The van der Waals surface area contributed by atoms with E-state index in [1.165, 1.54) is 0 Å². The van der Waals surface area contributed by atoms with Crippen molar-refractivity contribution >= 4 is 5.91 Å². The molecule has 1 atom stereocenters. The van der Waals surface area contributed by atoms with Crippen molar-refractivity contribution in [1.82, 2.24) is 24.6 Å². The highest BCUT2D eigenvalue weighted by Crippen LogP contribution is 2.21. The van der Waals surface area contributed by atoms with Crippen LogP contribution in [0.15, 0.2) is 54.9 Å². The Morgan fingerprint density at radius 3 is 2.70 bits per heavy atom. The lowest BCUT2D eigenvalue weighted by atomic mass is 10.1. The summed E-state index contributed by atoms with van der Waals surface area (Å²) in [5.74, 6) is -0.0329. The molecule has 0 N–H and O–H groups in total. The highest BCUT2D eigenvalue weighted by molar-refractivity contribution is 5.93. The third-order valence-corrected chi connectivity index (χ3v) is 4.65. The number of rotatable bonds is 4. The van der Waals surface area contributed by atoms with Crippen LogP contribution in [0, 0.1) is 0 Å². The third-order valence-electron chi connectivity index (χ3n) is 4.65. The number of nitrogens with zero attached hydrogens (tertiary/aromatic N) is 5. The minimum absolute atomic E-state index is 0.0329. The zero-order valence-electron chi connectivity index (χ0n) is 15.2. The van der Waals surface area contributed by atoms with Gasteiger partial charge in [0.1, 0.15) is 11.8 Å². The molecule has 1 amide bonds. The van der Waals surface area contributed by atoms with Crippen LogP contribution >= 0.6 is 0 Å². The Morgan fingerprint density at radius 2 is 1.93 bits per heavy atom. The fraction of sp³-hybridized carbons (Fsp3) is 0.300. The van der Waals surface area contributed by atoms with Crippen LogP contribution in [0.3, 0.4) is 0 Å². The van der Waals surface area contributed by atoms with E-state index in [4.69, 9.17) is 4.74 Å². The fourth-order valence-electron chi connectivity index (χ4n) is 3.29. The van der Waals surface area contributed by atoms with Crippen LogP contribution in [0.2, 0.25) is 0 Å². The SMILES string of the molecule is Cn1nc(-c2ccccc2)cc1C(=O)N1CCCC(Oc2ncccn2)C1. The number of aromatic nitrogens is 4. The summed E-state index contributed by atoms with van der Waals surface area (Å²) < 4.78 is 7.49. The van der Waals surface area contributed by atoms with Gasteiger partial charge in [-0.3, -0.25) is 9.48 Å². The second kappa shape index (κ2) is 7.57. The first-order valence-corrected chi connectivity index (χ1v) is 9.03. The number of ether oxygens (including phenoxy) is 1. The molecule has 0 radical (unpaired) electrons. The van der Waals surface area contributed by atoms with Gasteiger partial charge >= 0.3 is 6.01 Å². The predicted octanol–water partition coefficient (Wildman–Crippen LogP) is 2.56. The third kappa shape index (κ3) is 3.81. The molecule has 2 aromatic heterocycles. The lowest BCUT2D eigenvalue weighted by molar-refractivity contribution is 0.0506. The van der Waals surface area contributed by atoms with E-state index in [0.29, 0.717) is 24.8 Å².